The summed E-state index contributed by atoms with van der Waals surface area (Å²) in [6, 6.07) is 1.24. The SMILES string of the molecule is C=CC(=O)NC1CCN(C2CC2)CC1. The Balaban J connectivity index is 1.72. The molecule has 2 fully saturated rings. The molecule has 14 heavy (non-hydrogen) atoms. The molecule has 0 aromatic rings. The number of carbonyl (C=O) groups excluding carboxylic acids is 1. The van der Waals surface area contributed by atoms with Gasteiger partial charge in [-0.3, -0.25) is 4.79 Å². The maximum atomic E-state index is 11.1. The van der Waals surface area contributed by atoms with E-state index in [0.29, 0.717) is 6.04 Å². The summed E-state index contributed by atoms with van der Waals surface area (Å²) in [5.41, 5.74) is 0. The highest BCUT2D eigenvalue weighted by molar-refractivity contribution is 5.87. The Morgan fingerprint density at radius 3 is 2.43 bits per heavy atom. The first kappa shape index (κ1) is 9.71. The molecule has 0 atom stereocenters. The summed E-state index contributed by atoms with van der Waals surface area (Å²) >= 11 is 0. The molecule has 0 unspecified atom stereocenters. The third-order valence-electron chi connectivity index (χ3n) is 3.12. The Labute approximate surface area is 85.2 Å². The van der Waals surface area contributed by atoms with Gasteiger partial charge in [0.15, 0.2) is 0 Å². The van der Waals surface area contributed by atoms with Crippen LogP contribution in [-0.4, -0.2) is 36.0 Å². The molecule has 1 heterocycles. The van der Waals surface area contributed by atoms with E-state index in [1.165, 1.54) is 18.9 Å². The average Bonchev–Trinajstić information content (AvgIpc) is 3.02. The Kier molecular flexibility index (Phi) is 2.87. The molecule has 1 saturated heterocycles. The van der Waals surface area contributed by atoms with Gasteiger partial charge in [0.25, 0.3) is 0 Å². The molecular formula is C11H18N2O. The van der Waals surface area contributed by atoms with Crippen molar-refractivity contribution >= 4 is 5.91 Å². The van der Waals surface area contributed by atoms with Gasteiger partial charge in [-0.15, -0.1) is 0 Å². The maximum Gasteiger partial charge on any atom is 0.243 e. The lowest BCUT2D eigenvalue weighted by Crippen LogP contribution is -2.44. The highest BCUT2D eigenvalue weighted by atomic mass is 16.1. The van der Waals surface area contributed by atoms with E-state index in [4.69, 9.17) is 0 Å². The second-order valence-corrected chi connectivity index (χ2v) is 4.25. The van der Waals surface area contributed by atoms with Gasteiger partial charge in [-0.05, 0) is 31.8 Å². The lowest BCUT2D eigenvalue weighted by molar-refractivity contribution is -0.117. The van der Waals surface area contributed by atoms with Crippen LogP contribution in [0.4, 0.5) is 0 Å². The fourth-order valence-electron chi connectivity index (χ4n) is 2.11. The summed E-state index contributed by atoms with van der Waals surface area (Å²) in [7, 11) is 0. The van der Waals surface area contributed by atoms with Crippen LogP contribution in [0.15, 0.2) is 12.7 Å². The number of carbonyl (C=O) groups is 1. The molecule has 78 valence electrons. The van der Waals surface area contributed by atoms with Gasteiger partial charge in [0.2, 0.25) is 5.91 Å². The first-order chi connectivity index (χ1) is 6.79. The number of nitrogens with zero attached hydrogens (tertiary/aromatic N) is 1. The van der Waals surface area contributed by atoms with Crippen LogP contribution in [0.2, 0.25) is 0 Å². The van der Waals surface area contributed by atoms with E-state index in [1.807, 2.05) is 0 Å². The zero-order valence-corrected chi connectivity index (χ0v) is 8.54. The van der Waals surface area contributed by atoms with Crippen LogP contribution < -0.4 is 5.32 Å². The van der Waals surface area contributed by atoms with Crippen molar-refractivity contribution in [3.8, 4) is 0 Å². The number of likely N-dealkylation sites (tertiary alicyclic amines) is 1. The minimum atomic E-state index is -0.0325. The van der Waals surface area contributed by atoms with Gasteiger partial charge in [0, 0.05) is 25.2 Å². The summed E-state index contributed by atoms with van der Waals surface area (Å²) in [6.45, 7) is 5.75. The van der Waals surface area contributed by atoms with Crippen molar-refractivity contribution < 1.29 is 4.79 Å². The normalized spacial score (nSPS) is 24.6. The standard InChI is InChI=1S/C11H18N2O/c1-2-11(14)12-9-5-7-13(8-6-9)10-3-4-10/h2,9-10H,1,3-8H2,(H,12,14). The van der Waals surface area contributed by atoms with Crippen LogP contribution in [0.3, 0.4) is 0 Å². The molecule has 3 heteroatoms. The van der Waals surface area contributed by atoms with Crippen molar-refractivity contribution in [2.45, 2.75) is 37.8 Å². The second-order valence-electron chi connectivity index (χ2n) is 4.25. The molecule has 1 aliphatic carbocycles. The number of rotatable bonds is 3. The molecule has 0 bridgehead atoms. The van der Waals surface area contributed by atoms with E-state index in [9.17, 15) is 4.79 Å². The zero-order valence-electron chi connectivity index (χ0n) is 8.54. The molecule has 1 saturated carbocycles. The molecule has 1 N–H and O–H groups in total. The van der Waals surface area contributed by atoms with Gasteiger partial charge in [0.1, 0.15) is 0 Å². The number of hydrogen-bond acceptors (Lipinski definition) is 2. The van der Waals surface area contributed by atoms with Crippen molar-refractivity contribution in [1.29, 1.82) is 0 Å². The molecule has 0 radical (unpaired) electrons. The molecule has 1 amide bonds. The van der Waals surface area contributed by atoms with Gasteiger partial charge in [-0.2, -0.15) is 0 Å². The number of nitrogens with one attached hydrogen (secondary N) is 1. The number of amides is 1. The Morgan fingerprint density at radius 2 is 1.93 bits per heavy atom. The molecule has 2 rings (SSSR count). The lowest BCUT2D eigenvalue weighted by atomic mass is 10.0. The van der Waals surface area contributed by atoms with E-state index in [2.05, 4.69) is 16.8 Å². The summed E-state index contributed by atoms with van der Waals surface area (Å²) in [4.78, 5) is 13.6. The Hall–Kier alpha value is -0.830. The first-order valence-corrected chi connectivity index (χ1v) is 5.46. The third-order valence-corrected chi connectivity index (χ3v) is 3.12. The summed E-state index contributed by atoms with van der Waals surface area (Å²) in [5.74, 6) is -0.0325. The fourth-order valence-corrected chi connectivity index (χ4v) is 2.11. The van der Waals surface area contributed by atoms with Crippen LogP contribution in [0.1, 0.15) is 25.7 Å². The van der Waals surface area contributed by atoms with Crippen LogP contribution in [-0.2, 0) is 4.79 Å². The molecule has 0 spiro atoms. The Morgan fingerprint density at radius 1 is 1.29 bits per heavy atom. The highest BCUT2D eigenvalue weighted by Gasteiger charge is 2.31. The second kappa shape index (κ2) is 4.13. The van der Waals surface area contributed by atoms with E-state index >= 15 is 0 Å². The summed E-state index contributed by atoms with van der Waals surface area (Å²) in [5, 5.41) is 2.96. The topological polar surface area (TPSA) is 32.3 Å². The molecule has 3 nitrogen and oxygen atoms in total. The Bertz CT molecular complexity index is 227. The van der Waals surface area contributed by atoms with Gasteiger partial charge in [0.05, 0.1) is 0 Å². The molecular weight excluding hydrogens is 176 g/mol. The van der Waals surface area contributed by atoms with Crippen molar-refractivity contribution in [2.24, 2.45) is 0 Å². The monoisotopic (exact) mass is 194 g/mol. The highest BCUT2D eigenvalue weighted by Crippen LogP contribution is 2.29. The van der Waals surface area contributed by atoms with Crippen LogP contribution >= 0.6 is 0 Å². The number of piperidine rings is 1. The maximum absolute atomic E-state index is 11.1. The van der Waals surface area contributed by atoms with Crippen LogP contribution in [0.5, 0.6) is 0 Å². The minimum Gasteiger partial charge on any atom is -0.350 e. The lowest BCUT2D eigenvalue weighted by Gasteiger charge is -2.32. The van der Waals surface area contributed by atoms with E-state index in [0.717, 1.165) is 32.0 Å². The summed E-state index contributed by atoms with van der Waals surface area (Å²) < 4.78 is 0. The average molecular weight is 194 g/mol. The molecule has 0 aromatic carbocycles. The first-order valence-electron chi connectivity index (χ1n) is 5.46. The van der Waals surface area contributed by atoms with Gasteiger partial charge in [-0.25, -0.2) is 0 Å². The van der Waals surface area contributed by atoms with Crippen molar-refractivity contribution in [2.75, 3.05) is 13.1 Å². The molecule has 0 aromatic heterocycles. The van der Waals surface area contributed by atoms with Crippen molar-refractivity contribution in [3.63, 3.8) is 0 Å². The van der Waals surface area contributed by atoms with E-state index < -0.39 is 0 Å². The molecule has 2 aliphatic rings. The van der Waals surface area contributed by atoms with E-state index in [1.54, 1.807) is 0 Å². The van der Waals surface area contributed by atoms with Crippen LogP contribution in [0, 0.1) is 0 Å². The smallest absolute Gasteiger partial charge is 0.243 e. The van der Waals surface area contributed by atoms with Gasteiger partial charge >= 0.3 is 0 Å². The van der Waals surface area contributed by atoms with Crippen LogP contribution in [0.25, 0.3) is 0 Å². The van der Waals surface area contributed by atoms with E-state index in [-0.39, 0.29) is 5.91 Å². The van der Waals surface area contributed by atoms with Crippen molar-refractivity contribution in [1.82, 2.24) is 10.2 Å². The predicted octanol–water partition coefficient (Wildman–Crippen LogP) is 0.915. The largest absolute Gasteiger partial charge is 0.350 e. The minimum absolute atomic E-state index is 0.0325. The summed E-state index contributed by atoms with van der Waals surface area (Å²) in [6.07, 6.45) is 6.30. The quantitative estimate of drug-likeness (QED) is 0.677. The number of hydrogen-bond donors (Lipinski definition) is 1. The van der Waals surface area contributed by atoms with Gasteiger partial charge in [-0.1, -0.05) is 6.58 Å². The molecule has 1 aliphatic heterocycles. The van der Waals surface area contributed by atoms with Gasteiger partial charge < -0.3 is 10.2 Å². The zero-order chi connectivity index (χ0) is 9.97. The van der Waals surface area contributed by atoms with Crippen molar-refractivity contribution in [3.05, 3.63) is 12.7 Å². The predicted molar refractivity (Wildman–Crippen MR) is 56.0 cm³/mol. The third kappa shape index (κ3) is 2.35. The fraction of sp³-hybridized carbons (Fsp3) is 0.727.